The highest BCUT2D eigenvalue weighted by Crippen LogP contribution is 2.33. The van der Waals surface area contributed by atoms with Crippen LogP contribution in [0.4, 0.5) is 11.4 Å². The van der Waals surface area contributed by atoms with Crippen molar-refractivity contribution in [2.24, 2.45) is 0 Å². The van der Waals surface area contributed by atoms with Gasteiger partial charge in [0.05, 0.1) is 4.92 Å². The maximum Gasteiger partial charge on any atom is 0.301 e. The molecule has 21 heavy (non-hydrogen) atoms. The Bertz CT molecular complexity index is 798. The molecule has 0 atom stereocenters. The van der Waals surface area contributed by atoms with Crippen molar-refractivity contribution in [3.05, 3.63) is 46.5 Å². The fourth-order valence-corrected chi connectivity index (χ4v) is 1.88. The molecule has 8 nitrogen and oxygen atoms in total. The summed E-state index contributed by atoms with van der Waals surface area (Å²) >= 11 is 0. The minimum atomic E-state index is -0.544. The monoisotopic (exact) mass is 286 g/mol. The van der Waals surface area contributed by atoms with Gasteiger partial charge in [-0.2, -0.15) is 0 Å². The van der Waals surface area contributed by atoms with E-state index in [9.17, 15) is 10.1 Å². The highest BCUT2D eigenvalue weighted by atomic mass is 16.6. The van der Waals surface area contributed by atoms with Gasteiger partial charge in [-0.3, -0.25) is 10.1 Å². The smallest absolute Gasteiger partial charge is 0.301 e. The van der Waals surface area contributed by atoms with Gasteiger partial charge < -0.3 is 10.1 Å². The molecule has 0 fully saturated rings. The van der Waals surface area contributed by atoms with Crippen LogP contribution in [0.1, 0.15) is 0 Å². The molecule has 0 saturated carbocycles. The SMILES string of the molecule is CNc1ccc(Oc2ccc([N+](=O)[O-])c3nonc23)cc1. The van der Waals surface area contributed by atoms with Crippen LogP contribution >= 0.6 is 0 Å². The van der Waals surface area contributed by atoms with Crippen molar-refractivity contribution in [1.29, 1.82) is 0 Å². The second kappa shape index (κ2) is 5.08. The predicted molar refractivity (Wildman–Crippen MR) is 74.5 cm³/mol. The largest absolute Gasteiger partial charge is 0.455 e. The molecule has 0 radical (unpaired) electrons. The zero-order valence-corrected chi connectivity index (χ0v) is 10.9. The van der Waals surface area contributed by atoms with E-state index in [-0.39, 0.29) is 16.7 Å². The fraction of sp³-hybridized carbons (Fsp3) is 0.0769. The first-order valence-electron chi connectivity index (χ1n) is 6.04. The summed E-state index contributed by atoms with van der Waals surface area (Å²) in [5.41, 5.74) is 1.04. The number of nitro groups is 1. The van der Waals surface area contributed by atoms with E-state index in [1.165, 1.54) is 12.1 Å². The van der Waals surface area contributed by atoms with Crippen molar-refractivity contribution in [3.8, 4) is 11.5 Å². The molecule has 1 N–H and O–H groups in total. The van der Waals surface area contributed by atoms with E-state index >= 15 is 0 Å². The Morgan fingerprint density at radius 3 is 2.52 bits per heavy atom. The second-order valence-electron chi connectivity index (χ2n) is 4.18. The molecule has 3 rings (SSSR count). The first kappa shape index (κ1) is 12.9. The number of non-ortho nitro benzene ring substituents is 1. The number of hydrogen-bond acceptors (Lipinski definition) is 7. The molecule has 1 aromatic heterocycles. The van der Waals surface area contributed by atoms with Crippen LogP contribution in [0.15, 0.2) is 41.0 Å². The molecule has 0 aliphatic carbocycles. The van der Waals surface area contributed by atoms with Gasteiger partial charge in [0.1, 0.15) is 5.75 Å². The van der Waals surface area contributed by atoms with Gasteiger partial charge in [0.2, 0.25) is 5.52 Å². The Balaban J connectivity index is 1.99. The number of anilines is 1. The third-order valence-corrected chi connectivity index (χ3v) is 2.92. The lowest BCUT2D eigenvalue weighted by Crippen LogP contribution is -1.92. The maximum absolute atomic E-state index is 10.9. The lowest BCUT2D eigenvalue weighted by Gasteiger charge is -2.06. The Labute approximate surface area is 118 Å². The molecule has 106 valence electrons. The van der Waals surface area contributed by atoms with Gasteiger partial charge in [-0.15, -0.1) is 0 Å². The molecule has 2 aromatic carbocycles. The van der Waals surface area contributed by atoms with E-state index in [2.05, 4.69) is 20.3 Å². The first-order valence-corrected chi connectivity index (χ1v) is 6.04. The van der Waals surface area contributed by atoms with Crippen molar-refractivity contribution in [2.45, 2.75) is 0 Å². The summed E-state index contributed by atoms with van der Waals surface area (Å²) in [6, 6.07) is 10.0. The molecular formula is C13H10N4O4. The van der Waals surface area contributed by atoms with E-state index in [4.69, 9.17) is 4.74 Å². The lowest BCUT2D eigenvalue weighted by molar-refractivity contribution is -0.383. The van der Waals surface area contributed by atoms with Gasteiger partial charge in [0.15, 0.2) is 11.3 Å². The average molecular weight is 286 g/mol. The van der Waals surface area contributed by atoms with Crippen LogP contribution in [0.2, 0.25) is 0 Å². The van der Waals surface area contributed by atoms with Gasteiger partial charge >= 0.3 is 5.69 Å². The minimum absolute atomic E-state index is 0.0596. The number of rotatable bonds is 4. The molecule has 0 aliphatic rings. The van der Waals surface area contributed by atoms with Crippen LogP contribution in [-0.2, 0) is 0 Å². The normalized spacial score (nSPS) is 10.5. The molecule has 0 bridgehead atoms. The number of ether oxygens (including phenoxy) is 1. The van der Waals surface area contributed by atoms with Crippen LogP contribution < -0.4 is 10.1 Å². The molecular weight excluding hydrogens is 276 g/mol. The Morgan fingerprint density at radius 2 is 1.86 bits per heavy atom. The minimum Gasteiger partial charge on any atom is -0.455 e. The summed E-state index contributed by atoms with van der Waals surface area (Å²) in [6.07, 6.45) is 0. The molecule has 0 spiro atoms. The van der Waals surface area contributed by atoms with Crippen molar-refractivity contribution < 1.29 is 14.3 Å². The summed E-state index contributed by atoms with van der Waals surface area (Å²) in [4.78, 5) is 10.4. The van der Waals surface area contributed by atoms with Gasteiger partial charge in [0.25, 0.3) is 0 Å². The number of aromatic nitrogens is 2. The van der Waals surface area contributed by atoms with Crippen LogP contribution in [-0.4, -0.2) is 22.3 Å². The van der Waals surface area contributed by atoms with Gasteiger partial charge in [-0.05, 0) is 40.6 Å². The number of nitrogens with zero attached hydrogens (tertiary/aromatic N) is 3. The number of nitrogens with one attached hydrogen (secondary N) is 1. The number of nitro benzene ring substituents is 1. The quantitative estimate of drug-likeness (QED) is 0.580. The van der Waals surface area contributed by atoms with Crippen molar-refractivity contribution in [2.75, 3.05) is 12.4 Å². The summed E-state index contributed by atoms with van der Waals surface area (Å²) in [5, 5.41) is 21.1. The lowest BCUT2D eigenvalue weighted by atomic mass is 10.2. The van der Waals surface area contributed by atoms with E-state index in [0.29, 0.717) is 11.5 Å². The van der Waals surface area contributed by atoms with Gasteiger partial charge in [-0.1, -0.05) is 0 Å². The topological polar surface area (TPSA) is 103 Å². The third-order valence-electron chi connectivity index (χ3n) is 2.92. The molecule has 8 heteroatoms. The van der Waals surface area contributed by atoms with E-state index < -0.39 is 4.92 Å². The summed E-state index contributed by atoms with van der Waals surface area (Å²) < 4.78 is 10.2. The standard InChI is InChI=1S/C13H10N4O4/c1-14-8-2-4-9(5-3-8)20-11-7-6-10(17(18)19)12-13(11)16-21-15-12/h2-7,14H,1H3. The van der Waals surface area contributed by atoms with Crippen LogP contribution in [0.3, 0.4) is 0 Å². The molecule has 0 amide bonds. The summed E-state index contributed by atoms with van der Waals surface area (Å²) in [5.74, 6) is 0.918. The summed E-state index contributed by atoms with van der Waals surface area (Å²) in [6.45, 7) is 0. The molecule has 3 aromatic rings. The van der Waals surface area contributed by atoms with Crippen molar-refractivity contribution >= 4 is 22.4 Å². The average Bonchev–Trinajstić information content (AvgIpc) is 2.98. The zero-order chi connectivity index (χ0) is 14.8. The Morgan fingerprint density at radius 1 is 1.14 bits per heavy atom. The van der Waals surface area contributed by atoms with Gasteiger partial charge in [0, 0.05) is 18.8 Å². The predicted octanol–water partition coefficient (Wildman–Crippen LogP) is 2.97. The van der Waals surface area contributed by atoms with E-state index in [1.807, 2.05) is 19.2 Å². The van der Waals surface area contributed by atoms with Crippen LogP contribution in [0.5, 0.6) is 11.5 Å². The van der Waals surface area contributed by atoms with E-state index in [1.54, 1.807) is 12.1 Å². The van der Waals surface area contributed by atoms with Crippen LogP contribution in [0, 0.1) is 10.1 Å². The van der Waals surface area contributed by atoms with Gasteiger partial charge in [-0.25, -0.2) is 4.63 Å². The maximum atomic E-state index is 10.9. The fourth-order valence-electron chi connectivity index (χ4n) is 1.88. The molecule has 0 aliphatic heterocycles. The Hall–Kier alpha value is -3.16. The highest BCUT2D eigenvalue weighted by molar-refractivity contribution is 5.88. The van der Waals surface area contributed by atoms with Crippen molar-refractivity contribution in [1.82, 2.24) is 10.3 Å². The molecule has 0 saturated heterocycles. The molecule has 0 unspecified atom stereocenters. The van der Waals surface area contributed by atoms with Crippen molar-refractivity contribution in [3.63, 3.8) is 0 Å². The highest BCUT2D eigenvalue weighted by Gasteiger charge is 2.20. The zero-order valence-electron chi connectivity index (χ0n) is 10.9. The Kier molecular flexibility index (Phi) is 3.11. The van der Waals surface area contributed by atoms with Crippen LogP contribution in [0.25, 0.3) is 11.0 Å². The third kappa shape index (κ3) is 2.34. The molecule has 1 heterocycles. The summed E-state index contributed by atoms with van der Waals surface area (Å²) in [7, 11) is 1.82. The first-order chi connectivity index (χ1) is 10.2. The number of hydrogen-bond donors (Lipinski definition) is 1. The number of fused-ring (bicyclic) bond motifs is 1. The van der Waals surface area contributed by atoms with E-state index in [0.717, 1.165) is 5.69 Å². The second-order valence-corrected chi connectivity index (χ2v) is 4.18. The number of benzene rings is 2.